The Morgan fingerprint density at radius 3 is 2.19 bits per heavy atom. The van der Waals surface area contributed by atoms with E-state index in [0.717, 1.165) is 10.6 Å². The van der Waals surface area contributed by atoms with Gasteiger partial charge in [-0.3, -0.25) is 13.9 Å². The Kier molecular flexibility index (Phi) is 5.50. The van der Waals surface area contributed by atoms with Crippen molar-refractivity contribution in [1.82, 2.24) is 9.80 Å². The molecule has 0 saturated carbocycles. The highest BCUT2D eigenvalue weighted by Crippen LogP contribution is 2.17. The molecule has 2 amide bonds. The van der Waals surface area contributed by atoms with Gasteiger partial charge in [-0.2, -0.15) is 0 Å². The molecule has 1 aliphatic heterocycles. The lowest BCUT2D eigenvalue weighted by atomic mass is 10.2. The third-order valence-corrected chi connectivity index (χ3v) is 5.52. The summed E-state index contributed by atoms with van der Waals surface area (Å²) >= 11 is 0. The molecule has 1 aromatic heterocycles. The monoisotopic (exact) mass is 391 g/mol. The average molecular weight is 391 g/mol. The van der Waals surface area contributed by atoms with E-state index in [4.69, 9.17) is 4.42 Å². The number of hydrogen-bond acceptors (Lipinski definition) is 5. The maximum Gasteiger partial charge on any atom is 0.289 e. The van der Waals surface area contributed by atoms with Crippen LogP contribution in [0.15, 0.2) is 53.1 Å². The fourth-order valence-corrected chi connectivity index (χ4v) is 3.78. The van der Waals surface area contributed by atoms with E-state index in [2.05, 4.69) is 0 Å². The Morgan fingerprint density at radius 2 is 1.63 bits per heavy atom. The molecule has 9 heteroatoms. The third kappa shape index (κ3) is 4.48. The second-order valence-electron chi connectivity index (χ2n) is 6.26. The molecule has 0 spiro atoms. The highest BCUT2D eigenvalue weighted by atomic mass is 32.2. The van der Waals surface area contributed by atoms with Crippen molar-refractivity contribution in [2.45, 2.75) is 0 Å². The highest BCUT2D eigenvalue weighted by molar-refractivity contribution is 7.92. The zero-order valence-electron chi connectivity index (χ0n) is 14.9. The maximum absolute atomic E-state index is 12.6. The molecule has 0 atom stereocenters. The molecule has 0 bridgehead atoms. The van der Waals surface area contributed by atoms with Crippen LogP contribution in [-0.4, -0.2) is 69.0 Å². The number of carbonyl (C=O) groups excluding carboxylic acids is 2. The number of rotatable bonds is 5. The van der Waals surface area contributed by atoms with Crippen LogP contribution in [0.4, 0.5) is 5.69 Å². The molecule has 2 heterocycles. The molecule has 2 aromatic rings. The van der Waals surface area contributed by atoms with Crippen LogP contribution in [0.1, 0.15) is 10.6 Å². The number of hydrogen-bond donors (Lipinski definition) is 0. The van der Waals surface area contributed by atoms with Crippen molar-refractivity contribution in [2.24, 2.45) is 0 Å². The smallest absolute Gasteiger partial charge is 0.289 e. The van der Waals surface area contributed by atoms with Crippen molar-refractivity contribution in [2.75, 3.05) is 43.3 Å². The summed E-state index contributed by atoms with van der Waals surface area (Å²) in [5, 5.41) is 0. The van der Waals surface area contributed by atoms with Crippen molar-refractivity contribution in [3.63, 3.8) is 0 Å². The zero-order valence-corrected chi connectivity index (χ0v) is 15.8. The van der Waals surface area contributed by atoms with E-state index in [1.807, 2.05) is 0 Å². The number of anilines is 1. The number of carbonyl (C=O) groups is 2. The van der Waals surface area contributed by atoms with Crippen molar-refractivity contribution in [1.29, 1.82) is 0 Å². The molecule has 1 fully saturated rings. The lowest BCUT2D eigenvalue weighted by molar-refractivity contribution is -0.131. The van der Waals surface area contributed by atoms with Gasteiger partial charge in [-0.15, -0.1) is 0 Å². The lowest BCUT2D eigenvalue weighted by Gasteiger charge is -2.35. The van der Waals surface area contributed by atoms with Crippen LogP contribution in [0.2, 0.25) is 0 Å². The summed E-state index contributed by atoms with van der Waals surface area (Å²) in [5.74, 6) is -0.245. The quantitative estimate of drug-likeness (QED) is 0.759. The number of benzene rings is 1. The minimum atomic E-state index is -3.60. The number of para-hydroxylation sites is 1. The van der Waals surface area contributed by atoms with Crippen LogP contribution in [0.5, 0.6) is 0 Å². The van der Waals surface area contributed by atoms with E-state index in [1.54, 1.807) is 52.3 Å². The molecule has 1 aliphatic rings. The molecule has 1 aromatic carbocycles. The second-order valence-corrected chi connectivity index (χ2v) is 8.16. The molecular formula is C18H21N3O5S. The van der Waals surface area contributed by atoms with Crippen LogP contribution >= 0.6 is 0 Å². The van der Waals surface area contributed by atoms with Gasteiger partial charge in [0.25, 0.3) is 5.91 Å². The van der Waals surface area contributed by atoms with E-state index in [-0.39, 0.29) is 24.1 Å². The predicted molar refractivity (Wildman–Crippen MR) is 99.8 cm³/mol. The molecule has 0 aliphatic carbocycles. The zero-order chi connectivity index (χ0) is 19.4. The standard InChI is InChI=1S/C18H21N3O5S/c1-27(24,25)21(15-6-3-2-4-7-15)14-17(22)19-9-11-20(12-10-19)18(23)16-8-5-13-26-16/h2-8,13H,9-12,14H2,1H3. The summed E-state index contributed by atoms with van der Waals surface area (Å²) in [6, 6.07) is 11.8. The maximum atomic E-state index is 12.6. The fourth-order valence-electron chi connectivity index (χ4n) is 2.93. The van der Waals surface area contributed by atoms with Gasteiger partial charge in [0.1, 0.15) is 6.54 Å². The largest absolute Gasteiger partial charge is 0.459 e. The van der Waals surface area contributed by atoms with Gasteiger partial charge in [0.15, 0.2) is 5.76 Å². The number of amides is 2. The molecule has 1 saturated heterocycles. The Morgan fingerprint density at radius 1 is 1.00 bits per heavy atom. The molecule has 3 rings (SSSR count). The van der Waals surface area contributed by atoms with Gasteiger partial charge in [0.05, 0.1) is 18.2 Å². The van der Waals surface area contributed by atoms with Gasteiger partial charge < -0.3 is 14.2 Å². The summed E-state index contributed by atoms with van der Waals surface area (Å²) in [6.07, 6.45) is 2.52. The van der Waals surface area contributed by atoms with E-state index in [9.17, 15) is 18.0 Å². The minimum Gasteiger partial charge on any atom is -0.459 e. The average Bonchev–Trinajstić information content (AvgIpc) is 3.20. The molecule has 0 unspecified atom stereocenters. The molecular weight excluding hydrogens is 370 g/mol. The lowest BCUT2D eigenvalue weighted by Crippen LogP contribution is -2.53. The summed E-state index contributed by atoms with van der Waals surface area (Å²) in [5.41, 5.74) is 0.444. The van der Waals surface area contributed by atoms with Crippen molar-refractivity contribution < 1.29 is 22.4 Å². The molecule has 144 valence electrons. The molecule has 8 nitrogen and oxygen atoms in total. The molecule has 0 N–H and O–H groups in total. The highest BCUT2D eigenvalue weighted by Gasteiger charge is 2.28. The van der Waals surface area contributed by atoms with Gasteiger partial charge >= 0.3 is 0 Å². The van der Waals surface area contributed by atoms with E-state index < -0.39 is 10.0 Å². The number of sulfonamides is 1. The summed E-state index contributed by atoms with van der Waals surface area (Å²) < 4.78 is 30.4. The normalized spacial score (nSPS) is 14.9. The molecule has 0 radical (unpaired) electrons. The van der Waals surface area contributed by atoms with Gasteiger partial charge in [0, 0.05) is 26.2 Å². The summed E-state index contributed by atoms with van der Waals surface area (Å²) in [7, 11) is -3.60. The Balaban J connectivity index is 1.62. The van der Waals surface area contributed by atoms with E-state index in [1.165, 1.54) is 6.26 Å². The van der Waals surface area contributed by atoms with E-state index >= 15 is 0 Å². The van der Waals surface area contributed by atoms with Gasteiger partial charge in [0.2, 0.25) is 15.9 Å². The summed E-state index contributed by atoms with van der Waals surface area (Å²) in [6.45, 7) is 1.16. The SMILES string of the molecule is CS(=O)(=O)N(CC(=O)N1CCN(C(=O)c2ccco2)CC1)c1ccccc1. The van der Waals surface area contributed by atoms with Crippen LogP contribution in [-0.2, 0) is 14.8 Å². The third-order valence-electron chi connectivity index (χ3n) is 4.37. The second kappa shape index (κ2) is 7.83. The van der Waals surface area contributed by atoms with Gasteiger partial charge in [-0.05, 0) is 24.3 Å². The first kappa shape index (κ1) is 19.0. The topological polar surface area (TPSA) is 91.1 Å². The fraction of sp³-hybridized carbons (Fsp3) is 0.333. The van der Waals surface area contributed by atoms with Crippen molar-refractivity contribution in [3.05, 3.63) is 54.5 Å². The first-order valence-electron chi connectivity index (χ1n) is 8.49. The first-order valence-corrected chi connectivity index (χ1v) is 10.3. The number of piperazine rings is 1. The Hall–Kier alpha value is -2.81. The minimum absolute atomic E-state index is 0.214. The van der Waals surface area contributed by atoms with Crippen molar-refractivity contribution in [3.8, 4) is 0 Å². The van der Waals surface area contributed by atoms with Crippen LogP contribution < -0.4 is 4.31 Å². The number of nitrogens with zero attached hydrogens (tertiary/aromatic N) is 3. The predicted octanol–water partition coefficient (Wildman–Crippen LogP) is 1.03. The molecule has 27 heavy (non-hydrogen) atoms. The van der Waals surface area contributed by atoms with Crippen LogP contribution in [0, 0.1) is 0 Å². The van der Waals surface area contributed by atoms with Gasteiger partial charge in [-0.1, -0.05) is 18.2 Å². The van der Waals surface area contributed by atoms with Crippen LogP contribution in [0.25, 0.3) is 0 Å². The first-order chi connectivity index (χ1) is 12.9. The Labute approximate surface area is 158 Å². The Bertz CT molecular complexity index is 888. The van der Waals surface area contributed by atoms with Crippen LogP contribution in [0.3, 0.4) is 0 Å². The van der Waals surface area contributed by atoms with E-state index in [0.29, 0.717) is 31.9 Å². The summed E-state index contributed by atoms with van der Waals surface area (Å²) in [4.78, 5) is 28.1. The number of furan rings is 1. The van der Waals surface area contributed by atoms with Crippen molar-refractivity contribution >= 4 is 27.5 Å². The van der Waals surface area contributed by atoms with Gasteiger partial charge in [-0.25, -0.2) is 8.42 Å².